The van der Waals surface area contributed by atoms with Crippen LogP contribution in [0.3, 0.4) is 0 Å². The highest BCUT2D eigenvalue weighted by Gasteiger charge is 2.15. The topological polar surface area (TPSA) is 109 Å². The van der Waals surface area contributed by atoms with E-state index in [9.17, 15) is 8.42 Å². The first-order chi connectivity index (χ1) is 8.57. The zero-order valence-corrected chi connectivity index (χ0v) is 11.6. The maximum Gasteiger partial charge on any atom is 0.213 e. The van der Waals surface area contributed by atoms with Crippen LogP contribution in [0.25, 0.3) is 0 Å². The molecule has 18 heavy (non-hydrogen) atoms. The lowest BCUT2D eigenvalue weighted by Gasteiger charge is -2.14. The summed E-state index contributed by atoms with van der Waals surface area (Å²) in [7, 11) is -3.22. The third-order valence-electron chi connectivity index (χ3n) is 2.83. The van der Waals surface area contributed by atoms with Gasteiger partial charge in [-0.05, 0) is 12.8 Å². The van der Waals surface area contributed by atoms with E-state index in [-0.39, 0.29) is 12.3 Å². The largest absolute Gasteiger partial charge is 0.353 e. The smallest absolute Gasteiger partial charge is 0.213 e. The van der Waals surface area contributed by atoms with Crippen LogP contribution in [0.2, 0.25) is 0 Å². The van der Waals surface area contributed by atoms with Gasteiger partial charge >= 0.3 is 0 Å². The van der Waals surface area contributed by atoms with Crippen LogP contribution < -0.4 is 21.3 Å². The molecule has 0 aliphatic heterocycles. The summed E-state index contributed by atoms with van der Waals surface area (Å²) >= 11 is 0. The lowest BCUT2D eigenvalue weighted by molar-refractivity contribution is 0.583. The highest BCUT2D eigenvalue weighted by molar-refractivity contribution is 7.89. The van der Waals surface area contributed by atoms with Gasteiger partial charge in [0.05, 0.1) is 12.3 Å². The predicted molar refractivity (Wildman–Crippen MR) is 72.5 cm³/mol. The quantitative estimate of drug-likeness (QED) is 0.222. The Hall–Kier alpha value is -0.860. The minimum absolute atomic E-state index is 0.0294. The van der Waals surface area contributed by atoms with Gasteiger partial charge in [-0.15, -0.1) is 0 Å². The second-order valence-electron chi connectivity index (χ2n) is 4.32. The van der Waals surface area contributed by atoms with Gasteiger partial charge < -0.3 is 5.32 Å². The van der Waals surface area contributed by atoms with Crippen molar-refractivity contribution >= 4 is 16.0 Å². The molecule has 8 heteroatoms. The fourth-order valence-electron chi connectivity index (χ4n) is 1.97. The maximum absolute atomic E-state index is 11.4. The highest BCUT2D eigenvalue weighted by atomic mass is 32.2. The van der Waals surface area contributed by atoms with Gasteiger partial charge in [-0.25, -0.2) is 19.0 Å². The van der Waals surface area contributed by atoms with E-state index >= 15 is 0 Å². The standard InChI is InChI=1S/C10H23N5O2S/c1-2-13-18(16,17)8-7-12-10(15-11)14-9-5-3-4-6-9/h9,13H,2-8,11H2,1H3,(H2,12,14,15). The van der Waals surface area contributed by atoms with Crippen LogP contribution in [-0.4, -0.2) is 39.3 Å². The maximum atomic E-state index is 11.4. The molecule has 1 aliphatic carbocycles. The predicted octanol–water partition coefficient (Wildman–Crippen LogP) is -0.723. The molecule has 0 heterocycles. The number of hydrogen-bond acceptors (Lipinski definition) is 4. The third-order valence-corrected chi connectivity index (χ3v) is 4.28. The summed E-state index contributed by atoms with van der Waals surface area (Å²) in [5.74, 6) is 5.79. The molecular weight excluding hydrogens is 254 g/mol. The molecule has 0 atom stereocenters. The summed E-state index contributed by atoms with van der Waals surface area (Å²) in [5, 5.41) is 3.18. The van der Waals surface area contributed by atoms with Gasteiger partial charge in [0.25, 0.3) is 0 Å². The zero-order valence-electron chi connectivity index (χ0n) is 10.8. The van der Waals surface area contributed by atoms with Crippen LogP contribution in [-0.2, 0) is 10.0 Å². The minimum Gasteiger partial charge on any atom is -0.353 e. The molecule has 0 aromatic heterocycles. The van der Waals surface area contributed by atoms with E-state index in [1.807, 2.05) is 0 Å². The van der Waals surface area contributed by atoms with Crippen molar-refractivity contribution in [1.29, 1.82) is 0 Å². The molecule has 0 radical (unpaired) electrons. The van der Waals surface area contributed by atoms with Crippen molar-refractivity contribution in [2.75, 3.05) is 18.8 Å². The van der Waals surface area contributed by atoms with Crippen molar-refractivity contribution in [2.45, 2.75) is 38.6 Å². The Balaban J connectivity index is 2.37. The fourth-order valence-corrected chi connectivity index (χ4v) is 2.88. The Morgan fingerprint density at radius 3 is 2.61 bits per heavy atom. The van der Waals surface area contributed by atoms with Crippen LogP contribution in [0.5, 0.6) is 0 Å². The summed E-state index contributed by atoms with van der Waals surface area (Å²) in [5.41, 5.74) is 2.47. The number of nitrogens with two attached hydrogens (primary N) is 1. The highest BCUT2D eigenvalue weighted by Crippen LogP contribution is 2.17. The molecule has 5 N–H and O–H groups in total. The van der Waals surface area contributed by atoms with Crippen LogP contribution >= 0.6 is 0 Å². The number of hydrogen-bond donors (Lipinski definition) is 4. The van der Waals surface area contributed by atoms with Crippen molar-refractivity contribution in [3.05, 3.63) is 0 Å². The summed E-state index contributed by atoms with van der Waals surface area (Å²) in [6, 6.07) is 0.394. The first-order valence-electron chi connectivity index (χ1n) is 6.32. The van der Waals surface area contributed by atoms with E-state index in [1.165, 1.54) is 12.8 Å². The second-order valence-corrected chi connectivity index (χ2v) is 6.24. The van der Waals surface area contributed by atoms with Gasteiger partial charge in [-0.1, -0.05) is 19.8 Å². The summed E-state index contributed by atoms with van der Waals surface area (Å²) in [4.78, 5) is 4.12. The van der Waals surface area contributed by atoms with Gasteiger partial charge in [0.1, 0.15) is 0 Å². The normalized spacial score (nSPS) is 18.0. The van der Waals surface area contributed by atoms with E-state index in [4.69, 9.17) is 5.84 Å². The van der Waals surface area contributed by atoms with Crippen LogP contribution in [0.1, 0.15) is 32.6 Å². The molecule has 1 saturated carbocycles. The van der Waals surface area contributed by atoms with Crippen molar-refractivity contribution in [1.82, 2.24) is 15.5 Å². The monoisotopic (exact) mass is 277 g/mol. The average molecular weight is 277 g/mol. The van der Waals surface area contributed by atoms with E-state index < -0.39 is 10.0 Å². The van der Waals surface area contributed by atoms with E-state index in [0.29, 0.717) is 18.5 Å². The zero-order chi connectivity index (χ0) is 13.4. The minimum atomic E-state index is -3.22. The van der Waals surface area contributed by atoms with Crippen molar-refractivity contribution in [3.8, 4) is 0 Å². The van der Waals surface area contributed by atoms with E-state index in [2.05, 4.69) is 20.5 Å². The van der Waals surface area contributed by atoms with Crippen molar-refractivity contribution in [2.24, 2.45) is 10.8 Å². The number of nitrogens with zero attached hydrogens (tertiary/aromatic N) is 1. The summed E-state index contributed by atoms with van der Waals surface area (Å²) in [6.07, 6.45) is 4.64. The average Bonchev–Trinajstić information content (AvgIpc) is 2.80. The Bertz CT molecular complexity index is 362. The first kappa shape index (κ1) is 15.2. The lowest BCUT2D eigenvalue weighted by Crippen LogP contribution is -2.45. The lowest BCUT2D eigenvalue weighted by atomic mass is 10.2. The molecule has 1 fully saturated rings. The van der Waals surface area contributed by atoms with E-state index in [0.717, 1.165) is 12.8 Å². The van der Waals surface area contributed by atoms with Crippen LogP contribution in [0.15, 0.2) is 4.99 Å². The molecule has 106 valence electrons. The summed E-state index contributed by atoms with van der Waals surface area (Å²) < 4.78 is 25.2. The Labute approximate surface area is 109 Å². The number of hydrazine groups is 1. The molecule has 0 aromatic rings. The number of nitrogens with one attached hydrogen (secondary N) is 3. The molecular formula is C10H23N5O2S. The number of sulfonamides is 1. The number of guanidine groups is 1. The molecule has 0 aromatic carbocycles. The molecule has 0 unspecified atom stereocenters. The third kappa shape index (κ3) is 5.65. The van der Waals surface area contributed by atoms with Crippen LogP contribution in [0.4, 0.5) is 0 Å². The molecule has 7 nitrogen and oxygen atoms in total. The molecule has 0 saturated heterocycles. The molecule has 1 rings (SSSR count). The van der Waals surface area contributed by atoms with Gasteiger partial charge in [-0.2, -0.15) is 0 Å². The van der Waals surface area contributed by atoms with Crippen LogP contribution in [0, 0.1) is 0 Å². The fraction of sp³-hybridized carbons (Fsp3) is 0.900. The number of aliphatic imine (C=N–C) groups is 1. The van der Waals surface area contributed by atoms with Gasteiger partial charge in [0, 0.05) is 12.6 Å². The van der Waals surface area contributed by atoms with Gasteiger partial charge in [-0.3, -0.25) is 10.4 Å². The van der Waals surface area contributed by atoms with Crippen molar-refractivity contribution < 1.29 is 8.42 Å². The molecule has 0 bridgehead atoms. The first-order valence-corrected chi connectivity index (χ1v) is 7.97. The molecule has 1 aliphatic rings. The Morgan fingerprint density at radius 2 is 2.06 bits per heavy atom. The van der Waals surface area contributed by atoms with Crippen molar-refractivity contribution in [3.63, 3.8) is 0 Å². The number of rotatable bonds is 6. The van der Waals surface area contributed by atoms with Gasteiger partial charge in [0.15, 0.2) is 0 Å². The van der Waals surface area contributed by atoms with Gasteiger partial charge in [0.2, 0.25) is 16.0 Å². The van der Waals surface area contributed by atoms with E-state index in [1.54, 1.807) is 6.92 Å². The second kappa shape index (κ2) is 7.55. The Morgan fingerprint density at radius 1 is 1.39 bits per heavy atom. The summed E-state index contributed by atoms with van der Waals surface area (Å²) in [6.45, 7) is 2.33. The Kier molecular flexibility index (Phi) is 6.37. The molecule has 0 spiro atoms. The molecule has 0 amide bonds. The SMILES string of the molecule is CCNS(=O)(=O)CCN=C(NN)NC1CCCC1.